The summed E-state index contributed by atoms with van der Waals surface area (Å²) in [5.74, 6) is 0.373. The molecule has 0 fully saturated rings. The monoisotopic (exact) mass is 519 g/mol. The van der Waals surface area contributed by atoms with Crippen molar-refractivity contribution < 1.29 is 14.6 Å². The van der Waals surface area contributed by atoms with Gasteiger partial charge >= 0.3 is 0 Å². The van der Waals surface area contributed by atoms with Gasteiger partial charge in [-0.2, -0.15) is 0 Å². The number of hydrogen-bond donors (Lipinski definition) is 2. The van der Waals surface area contributed by atoms with E-state index in [0.717, 1.165) is 24.0 Å². The Morgan fingerprint density at radius 1 is 0.806 bits per heavy atom. The first kappa shape index (κ1) is 25.8. The van der Waals surface area contributed by atoms with Crippen LogP contribution in [0, 0.1) is 0 Å². The number of benzene rings is 4. The van der Waals surface area contributed by atoms with Crippen molar-refractivity contribution in [1.29, 1.82) is 0 Å². The van der Waals surface area contributed by atoms with Crippen molar-refractivity contribution in [3.63, 3.8) is 0 Å². The third kappa shape index (κ3) is 6.67. The van der Waals surface area contributed by atoms with E-state index in [1.165, 1.54) is 5.56 Å². The Labute approximate surface area is 221 Å². The van der Waals surface area contributed by atoms with Crippen molar-refractivity contribution in [2.45, 2.75) is 12.8 Å². The van der Waals surface area contributed by atoms with E-state index in [2.05, 4.69) is 17.4 Å². The summed E-state index contributed by atoms with van der Waals surface area (Å²) in [5.41, 5.74) is 4.75. The number of hydrogen-bond acceptors (Lipinski definition) is 3. The van der Waals surface area contributed by atoms with Crippen LogP contribution in [0.25, 0.3) is 22.3 Å². The number of amides is 1. The maximum atomic E-state index is 13.2. The Hall–Kier alpha value is -3.31. The van der Waals surface area contributed by atoms with Crippen molar-refractivity contribution in [2.24, 2.45) is 0 Å². The van der Waals surface area contributed by atoms with Crippen LogP contribution in [-0.2, 0) is 6.42 Å². The van der Waals surface area contributed by atoms with E-state index in [4.69, 9.17) is 27.9 Å². The molecular formula is C30H27Cl2NO3. The zero-order valence-electron chi connectivity index (χ0n) is 19.7. The first-order chi connectivity index (χ1) is 17.5. The molecule has 0 aliphatic heterocycles. The van der Waals surface area contributed by atoms with Crippen molar-refractivity contribution in [1.82, 2.24) is 5.32 Å². The average molecular weight is 520 g/mol. The third-order valence-electron chi connectivity index (χ3n) is 5.73. The van der Waals surface area contributed by atoms with E-state index < -0.39 is 0 Å². The van der Waals surface area contributed by atoms with Crippen LogP contribution < -0.4 is 10.1 Å². The number of carbonyl (C=O) groups excluding carboxylic acids is 1. The van der Waals surface area contributed by atoms with E-state index in [1.54, 1.807) is 24.3 Å². The zero-order chi connectivity index (χ0) is 25.3. The lowest BCUT2D eigenvalue weighted by Crippen LogP contribution is -2.25. The van der Waals surface area contributed by atoms with Crippen LogP contribution >= 0.6 is 23.2 Å². The van der Waals surface area contributed by atoms with Gasteiger partial charge < -0.3 is 15.2 Å². The second-order valence-corrected chi connectivity index (χ2v) is 9.21. The minimum atomic E-state index is -0.177. The van der Waals surface area contributed by atoms with Crippen molar-refractivity contribution in [3.05, 3.63) is 112 Å². The summed E-state index contributed by atoms with van der Waals surface area (Å²) < 4.78 is 6.02. The van der Waals surface area contributed by atoms with Gasteiger partial charge in [-0.3, -0.25) is 4.79 Å². The van der Waals surface area contributed by atoms with Crippen LogP contribution in [0.1, 0.15) is 22.3 Å². The van der Waals surface area contributed by atoms with Gasteiger partial charge in [0.15, 0.2) is 0 Å². The number of aliphatic hydroxyl groups is 1. The summed E-state index contributed by atoms with van der Waals surface area (Å²) in [6.07, 6.45) is 1.71. The summed E-state index contributed by atoms with van der Waals surface area (Å²) in [5, 5.41) is 13.6. The van der Waals surface area contributed by atoms with E-state index in [0.29, 0.717) is 39.0 Å². The van der Waals surface area contributed by atoms with Crippen molar-refractivity contribution in [3.8, 4) is 28.0 Å². The molecule has 0 atom stereocenters. The predicted molar refractivity (Wildman–Crippen MR) is 147 cm³/mol. The summed E-state index contributed by atoms with van der Waals surface area (Å²) in [6, 6.07) is 28.6. The molecular weight excluding hydrogens is 493 g/mol. The molecule has 6 heteroatoms. The Kier molecular flexibility index (Phi) is 9.01. The highest BCUT2D eigenvalue weighted by atomic mass is 35.5. The highest BCUT2D eigenvalue weighted by Gasteiger charge is 2.19. The molecule has 0 saturated heterocycles. The van der Waals surface area contributed by atoms with Crippen LogP contribution in [0.2, 0.25) is 10.0 Å². The molecule has 0 radical (unpaired) electrons. The minimum Gasteiger partial charge on any atom is -0.490 e. The van der Waals surface area contributed by atoms with Crippen LogP contribution in [0.4, 0.5) is 0 Å². The molecule has 0 aromatic heterocycles. The van der Waals surface area contributed by atoms with E-state index >= 15 is 0 Å². The lowest BCUT2D eigenvalue weighted by atomic mass is 9.94. The number of halogens is 2. The van der Waals surface area contributed by atoms with Gasteiger partial charge in [0.25, 0.3) is 5.91 Å². The fourth-order valence-electron chi connectivity index (χ4n) is 4.05. The number of rotatable bonds is 10. The summed E-state index contributed by atoms with van der Waals surface area (Å²) in [6.45, 7) is 0.509. The second kappa shape index (κ2) is 12.6. The summed E-state index contributed by atoms with van der Waals surface area (Å²) in [7, 11) is 0. The standard InChI is InChI=1S/C30H27Cl2NO3/c31-25-12-4-10-22(17-25)27-19-24(30(35)33-14-6-9-21-7-2-1-3-8-21)20-28(29(27)36-16-15-34)23-11-5-13-26(32)18-23/h1-5,7-8,10-13,17-20,34H,6,9,14-16H2,(H,33,35). The van der Waals surface area contributed by atoms with Crippen LogP contribution in [0.5, 0.6) is 5.75 Å². The molecule has 36 heavy (non-hydrogen) atoms. The minimum absolute atomic E-state index is 0.103. The van der Waals surface area contributed by atoms with Gasteiger partial charge in [-0.25, -0.2) is 0 Å². The van der Waals surface area contributed by atoms with E-state index in [1.807, 2.05) is 54.6 Å². The second-order valence-electron chi connectivity index (χ2n) is 8.34. The van der Waals surface area contributed by atoms with Crippen LogP contribution in [-0.4, -0.2) is 30.8 Å². The van der Waals surface area contributed by atoms with Gasteiger partial charge in [-0.1, -0.05) is 77.8 Å². The van der Waals surface area contributed by atoms with Crippen molar-refractivity contribution >= 4 is 29.1 Å². The number of aryl methyl sites for hydroxylation is 1. The third-order valence-corrected chi connectivity index (χ3v) is 6.20. The molecule has 0 saturated carbocycles. The highest BCUT2D eigenvalue weighted by Crippen LogP contribution is 2.41. The lowest BCUT2D eigenvalue weighted by Gasteiger charge is -2.19. The first-order valence-corrected chi connectivity index (χ1v) is 12.6. The van der Waals surface area contributed by atoms with Gasteiger partial charge in [0, 0.05) is 33.3 Å². The average Bonchev–Trinajstić information content (AvgIpc) is 2.90. The van der Waals surface area contributed by atoms with E-state index in [9.17, 15) is 9.90 Å². The molecule has 4 rings (SSSR count). The Morgan fingerprint density at radius 2 is 1.42 bits per heavy atom. The predicted octanol–water partition coefficient (Wildman–Crippen LogP) is 7.06. The Balaban J connectivity index is 1.70. The molecule has 4 aromatic rings. The molecule has 0 aliphatic carbocycles. The number of nitrogens with one attached hydrogen (secondary N) is 1. The molecule has 0 spiro atoms. The smallest absolute Gasteiger partial charge is 0.251 e. The molecule has 0 aliphatic rings. The number of carbonyl (C=O) groups is 1. The normalized spacial score (nSPS) is 10.8. The molecule has 4 aromatic carbocycles. The molecule has 0 heterocycles. The van der Waals surface area contributed by atoms with Gasteiger partial charge in [-0.05, 0) is 65.9 Å². The quantitative estimate of drug-likeness (QED) is 0.220. The highest BCUT2D eigenvalue weighted by molar-refractivity contribution is 6.31. The van der Waals surface area contributed by atoms with Crippen LogP contribution in [0.15, 0.2) is 91.0 Å². The maximum Gasteiger partial charge on any atom is 0.251 e. The molecule has 0 bridgehead atoms. The molecule has 0 unspecified atom stereocenters. The molecule has 2 N–H and O–H groups in total. The van der Waals surface area contributed by atoms with Gasteiger partial charge in [0.05, 0.1) is 6.61 Å². The van der Waals surface area contributed by atoms with E-state index in [-0.39, 0.29) is 19.1 Å². The number of ether oxygens (including phenoxy) is 1. The first-order valence-electron chi connectivity index (χ1n) is 11.8. The van der Waals surface area contributed by atoms with Gasteiger partial charge in [0.1, 0.15) is 12.4 Å². The van der Waals surface area contributed by atoms with Crippen LogP contribution in [0.3, 0.4) is 0 Å². The maximum absolute atomic E-state index is 13.2. The molecule has 4 nitrogen and oxygen atoms in total. The van der Waals surface area contributed by atoms with Gasteiger partial charge in [-0.15, -0.1) is 0 Å². The summed E-state index contributed by atoms with van der Waals surface area (Å²) >= 11 is 12.6. The SMILES string of the molecule is O=C(NCCCc1ccccc1)c1cc(-c2cccc(Cl)c2)c(OCCO)c(-c2cccc(Cl)c2)c1. The summed E-state index contributed by atoms with van der Waals surface area (Å²) in [4.78, 5) is 13.2. The Bertz CT molecular complexity index is 1260. The fraction of sp³-hybridized carbons (Fsp3) is 0.167. The lowest BCUT2D eigenvalue weighted by molar-refractivity contribution is 0.0953. The fourth-order valence-corrected chi connectivity index (χ4v) is 4.43. The largest absolute Gasteiger partial charge is 0.490 e. The molecule has 184 valence electrons. The number of aliphatic hydroxyl groups excluding tert-OH is 1. The molecule has 1 amide bonds. The Morgan fingerprint density at radius 3 is 1.97 bits per heavy atom. The van der Waals surface area contributed by atoms with Gasteiger partial charge in [0.2, 0.25) is 0 Å². The topological polar surface area (TPSA) is 58.6 Å². The zero-order valence-corrected chi connectivity index (χ0v) is 21.2. The van der Waals surface area contributed by atoms with Crippen molar-refractivity contribution in [2.75, 3.05) is 19.8 Å².